The van der Waals surface area contributed by atoms with Gasteiger partial charge in [0.25, 0.3) is 5.91 Å². The van der Waals surface area contributed by atoms with Gasteiger partial charge in [0.2, 0.25) is 5.78 Å². The molecule has 2 heterocycles. The van der Waals surface area contributed by atoms with Gasteiger partial charge in [0.05, 0.1) is 11.9 Å². The van der Waals surface area contributed by atoms with E-state index in [1.165, 1.54) is 0 Å². The van der Waals surface area contributed by atoms with Crippen molar-refractivity contribution in [3.8, 4) is 0 Å². The predicted molar refractivity (Wildman–Crippen MR) is 107 cm³/mol. The average molecular weight is 390 g/mol. The molecule has 4 aromatic rings. The summed E-state index contributed by atoms with van der Waals surface area (Å²) in [5.41, 5.74) is 2.35. The number of nitrogens with zero attached hydrogens (tertiary/aromatic N) is 1. The van der Waals surface area contributed by atoms with E-state index in [1.54, 1.807) is 12.3 Å². The van der Waals surface area contributed by atoms with Crippen molar-refractivity contribution in [2.24, 2.45) is 0 Å². The van der Waals surface area contributed by atoms with Crippen LogP contribution in [0.3, 0.4) is 0 Å². The van der Waals surface area contributed by atoms with Crippen molar-refractivity contribution in [3.05, 3.63) is 66.0 Å². The quantitative estimate of drug-likeness (QED) is 0.331. The molecule has 0 aliphatic rings. The number of Topliss-reactive ketones (excluding diaryl/α,β-unsaturated/α-hetero) is 1. The van der Waals surface area contributed by atoms with Crippen molar-refractivity contribution in [2.45, 2.75) is 6.42 Å². The lowest BCUT2D eigenvalue weighted by Crippen LogP contribution is -2.27. The molecule has 0 aliphatic heterocycles. The van der Waals surface area contributed by atoms with E-state index in [-0.39, 0.29) is 37.0 Å². The molecular weight excluding hydrogens is 372 g/mol. The molecular formula is C21H18N4O4. The molecule has 0 spiro atoms. The number of ether oxygens (including phenoxy) is 1. The number of amides is 1. The van der Waals surface area contributed by atoms with Gasteiger partial charge < -0.3 is 15.0 Å². The third kappa shape index (κ3) is 3.86. The van der Waals surface area contributed by atoms with Gasteiger partial charge in [-0.3, -0.25) is 19.5 Å². The second-order valence-electron chi connectivity index (χ2n) is 6.46. The first-order chi connectivity index (χ1) is 14.1. The van der Waals surface area contributed by atoms with Crippen molar-refractivity contribution in [2.75, 3.05) is 13.2 Å². The zero-order valence-electron chi connectivity index (χ0n) is 15.4. The van der Waals surface area contributed by atoms with Gasteiger partial charge in [-0.05, 0) is 12.1 Å². The Labute approximate surface area is 165 Å². The predicted octanol–water partition coefficient (Wildman–Crippen LogP) is 2.59. The number of hydrogen-bond donors (Lipinski definition) is 3. The second kappa shape index (κ2) is 7.97. The normalized spacial score (nSPS) is 10.9. The lowest BCUT2D eigenvalue weighted by atomic mass is 10.1. The van der Waals surface area contributed by atoms with E-state index in [1.807, 2.05) is 42.5 Å². The maximum atomic E-state index is 12.3. The van der Waals surface area contributed by atoms with Crippen molar-refractivity contribution in [1.29, 1.82) is 0 Å². The molecule has 4 rings (SSSR count). The van der Waals surface area contributed by atoms with E-state index in [0.29, 0.717) is 10.9 Å². The lowest BCUT2D eigenvalue weighted by Gasteiger charge is -2.05. The largest absolute Gasteiger partial charge is 0.457 e. The molecule has 0 fully saturated rings. The molecule has 8 nitrogen and oxygen atoms in total. The molecule has 0 unspecified atom stereocenters. The van der Waals surface area contributed by atoms with Gasteiger partial charge in [-0.15, -0.1) is 0 Å². The van der Waals surface area contributed by atoms with Crippen LogP contribution in [0.15, 0.2) is 54.7 Å². The Morgan fingerprint density at radius 1 is 0.966 bits per heavy atom. The Balaban J connectivity index is 1.26. The number of carbonyl (C=O) groups excluding carboxylic acids is 3. The Morgan fingerprint density at radius 3 is 2.52 bits per heavy atom. The van der Waals surface area contributed by atoms with E-state index in [9.17, 15) is 14.4 Å². The average Bonchev–Trinajstić information content (AvgIpc) is 3.36. The van der Waals surface area contributed by atoms with Gasteiger partial charge in [0, 0.05) is 34.6 Å². The number of carbonyl (C=O) groups is 3. The zero-order valence-corrected chi connectivity index (χ0v) is 15.4. The van der Waals surface area contributed by atoms with Gasteiger partial charge >= 0.3 is 5.97 Å². The van der Waals surface area contributed by atoms with Crippen LogP contribution in [0, 0.1) is 0 Å². The van der Waals surface area contributed by atoms with E-state index < -0.39 is 5.97 Å². The molecule has 0 atom stereocenters. The van der Waals surface area contributed by atoms with E-state index in [2.05, 4.69) is 20.5 Å². The number of esters is 1. The number of H-pyrrole nitrogens is 2. The van der Waals surface area contributed by atoms with Crippen LogP contribution in [0.5, 0.6) is 0 Å². The summed E-state index contributed by atoms with van der Waals surface area (Å²) >= 11 is 0. The molecule has 0 bridgehead atoms. The highest BCUT2D eigenvalue weighted by Crippen LogP contribution is 2.18. The lowest BCUT2D eigenvalue weighted by molar-refractivity contribution is -0.142. The van der Waals surface area contributed by atoms with Gasteiger partial charge in [-0.25, -0.2) is 0 Å². The maximum absolute atomic E-state index is 12.3. The first-order valence-electron chi connectivity index (χ1n) is 9.10. The summed E-state index contributed by atoms with van der Waals surface area (Å²) in [7, 11) is 0. The fourth-order valence-electron chi connectivity index (χ4n) is 3.10. The summed E-state index contributed by atoms with van der Waals surface area (Å²) in [5.74, 6) is -1.24. The number of fused-ring (bicyclic) bond motifs is 2. The molecule has 29 heavy (non-hydrogen) atoms. The standard InChI is InChI=1S/C21H18N4O4/c26-18(15-11-23-16-7-3-1-5-13(15)16)12-29-19(27)9-10-22-21(28)20-14-6-2-4-8-17(14)24-25-20/h1-8,11,23H,9-10,12H2,(H,22,28)(H,24,25). The van der Waals surface area contributed by atoms with Gasteiger partial charge in [-0.2, -0.15) is 5.10 Å². The zero-order chi connectivity index (χ0) is 20.2. The first-order valence-corrected chi connectivity index (χ1v) is 9.10. The minimum absolute atomic E-state index is 0.0464. The van der Waals surface area contributed by atoms with Crippen molar-refractivity contribution < 1.29 is 19.1 Å². The van der Waals surface area contributed by atoms with Crippen LogP contribution in [0.2, 0.25) is 0 Å². The fourth-order valence-corrected chi connectivity index (χ4v) is 3.10. The number of aromatic nitrogens is 3. The summed E-state index contributed by atoms with van der Waals surface area (Å²) in [5, 5.41) is 10.9. The molecule has 8 heteroatoms. The van der Waals surface area contributed by atoms with Crippen molar-refractivity contribution in [1.82, 2.24) is 20.5 Å². The fraction of sp³-hybridized carbons (Fsp3) is 0.143. The molecule has 0 aliphatic carbocycles. The molecule has 146 valence electrons. The van der Waals surface area contributed by atoms with Crippen LogP contribution < -0.4 is 5.32 Å². The molecule has 2 aromatic carbocycles. The van der Waals surface area contributed by atoms with Crippen LogP contribution in [0.4, 0.5) is 0 Å². The van der Waals surface area contributed by atoms with E-state index in [4.69, 9.17) is 4.74 Å². The highest BCUT2D eigenvalue weighted by molar-refractivity contribution is 6.09. The Morgan fingerprint density at radius 2 is 1.69 bits per heavy atom. The molecule has 0 saturated heterocycles. The number of rotatable bonds is 7. The number of ketones is 1. The number of para-hydroxylation sites is 2. The third-order valence-electron chi connectivity index (χ3n) is 4.55. The smallest absolute Gasteiger partial charge is 0.308 e. The molecule has 0 radical (unpaired) electrons. The van der Waals surface area contributed by atoms with Crippen LogP contribution >= 0.6 is 0 Å². The summed E-state index contributed by atoms with van der Waals surface area (Å²) in [4.78, 5) is 39.5. The third-order valence-corrected chi connectivity index (χ3v) is 4.55. The van der Waals surface area contributed by atoms with E-state index >= 15 is 0 Å². The van der Waals surface area contributed by atoms with Crippen molar-refractivity contribution in [3.63, 3.8) is 0 Å². The number of aromatic amines is 2. The van der Waals surface area contributed by atoms with Crippen LogP contribution in [-0.2, 0) is 9.53 Å². The number of nitrogens with one attached hydrogen (secondary N) is 3. The summed E-state index contributed by atoms with van der Waals surface area (Å²) in [6.07, 6.45) is 1.56. The van der Waals surface area contributed by atoms with Gasteiger partial charge in [-0.1, -0.05) is 36.4 Å². The highest BCUT2D eigenvalue weighted by Gasteiger charge is 2.16. The van der Waals surface area contributed by atoms with E-state index in [0.717, 1.165) is 16.4 Å². The van der Waals surface area contributed by atoms with Crippen LogP contribution in [0.25, 0.3) is 21.8 Å². The summed E-state index contributed by atoms with van der Waals surface area (Å²) in [6.45, 7) is -0.265. The van der Waals surface area contributed by atoms with Crippen LogP contribution in [-0.4, -0.2) is 46.0 Å². The molecule has 2 aromatic heterocycles. The van der Waals surface area contributed by atoms with Gasteiger partial charge in [0.1, 0.15) is 0 Å². The SMILES string of the molecule is O=C(CCNC(=O)c1n[nH]c2ccccc12)OCC(=O)c1c[nH]c2ccccc12. The minimum atomic E-state index is -0.564. The topological polar surface area (TPSA) is 117 Å². The molecule has 0 saturated carbocycles. The first kappa shape index (κ1) is 18.4. The highest BCUT2D eigenvalue weighted by atomic mass is 16.5. The number of benzene rings is 2. The molecule has 3 N–H and O–H groups in total. The molecule has 1 amide bonds. The summed E-state index contributed by atoms with van der Waals surface area (Å²) in [6, 6.07) is 14.7. The van der Waals surface area contributed by atoms with Gasteiger partial charge in [0.15, 0.2) is 12.3 Å². The Hall–Kier alpha value is -3.94. The Bertz CT molecular complexity index is 1210. The maximum Gasteiger partial charge on any atom is 0.308 e. The second-order valence-corrected chi connectivity index (χ2v) is 6.46. The minimum Gasteiger partial charge on any atom is -0.457 e. The number of hydrogen-bond acceptors (Lipinski definition) is 5. The Kier molecular flexibility index (Phi) is 5.07. The summed E-state index contributed by atoms with van der Waals surface area (Å²) < 4.78 is 5.04. The monoisotopic (exact) mass is 390 g/mol. The van der Waals surface area contributed by atoms with Crippen molar-refractivity contribution >= 4 is 39.5 Å². The van der Waals surface area contributed by atoms with Crippen LogP contribution in [0.1, 0.15) is 27.3 Å².